The number of benzene rings is 1. The highest BCUT2D eigenvalue weighted by atomic mass is 16.2. The molecular formula is C15H16N2O2. The van der Waals surface area contributed by atoms with E-state index in [0.29, 0.717) is 13.0 Å². The number of hydrogen-bond donors (Lipinski definition) is 1. The van der Waals surface area contributed by atoms with Crippen molar-refractivity contribution >= 4 is 11.9 Å². The van der Waals surface area contributed by atoms with Crippen LogP contribution in [-0.4, -0.2) is 23.4 Å². The van der Waals surface area contributed by atoms with Gasteiger partial charge >= 0.3 is 6.03 Å². The van der Waals surface area contributed by atoms with Crippen LogP contribution < -0.4 is 5.32 Å². The van der Waals surface area contributed by atoms with Crippen LogP contribution in [-0.2, 0) is 4.79 Å². The Balaban J connectivity index is 1.99. The molecule has 1 heterocycles. The van der Waals surface area contributed by atoms with E-state index in [4.69, 9.17) is 6.42 Å². The van der Waals surface area contributed by atoms with Gasteiger partial charge in [-0.05, 0) is 18.4 Å². The molecule has 2 rings (SSSR count). The number of amides is 3. The van der Waals surface area contributed by atoms with E-state index in [1.165, 1.54) is 4.90 Å². The van der Waals surface area contributed by atoms with E-state index in [9.17, 15) is 9.59 Å². The molecule has 4 nitrogen and oxygen atoms in total. The Morgan fingerprint density at radius 3 is 2.63 bits per heavy atom. The van der Waals surface area contributed by atoms with Crippen LogP contribution in [0.2, 0.25) is 0 Å². The Morgan fingerprint density at radius 2 is 1.95 bits per heavy atom. The van der Waals surface area contributed by atoms with Crippen molar-refractivity contribution in [2.24, 2.45) is 0 Å². The minimum atomic E-state index is -0.554. The monoisotopic (exact) mass is 256 g/mol. The maximum atomic E-state index is 12.2. The van der Waals surface area contributed by atoms with Gasteiger partial charge in [0.05, 0.1) is 0 Å². The third kappa shape index (κ3) is 2.94. The van der Waals surface area contributed by atoms with Gasteiger partial charge in [-0.2, -0.15) is 0 Å². The summed E-state index contributed by atoms with van der Waals surface area (Å²) in [6.45, 7) is 0.426. The molecule has 1 fully saturated rings. The molecule has 0 radical (unpaired) electrons. The molecule has 98 valence electrons. The highest BCUT2D eigenvalue weighted by molar-refractivity contribution is 6.04. The molecule has 0 unspecified atom stereocenters. The average molecular weight is 256 g/mol. The Hall–Kier alpha value is -2.28. The molecule has 4 heteroatoms. The van der Waals surface area contributed by atoms with Crippen molar-refractivity contribution in [3.63, 3.8) is 0 Å². The van der Waals surface area contributed by atoms with E-state index in [1.807, 2.05) is 30.3 Å². The van der Waals surface area contributed by atoms with E-state index < -0.39 is 6.04 Å². The standard InChI is InChI=1S/C15H16N2O2/c1-2-3-4-8-11-17-14(18)13(16-15(17)19)12-9-6-5-7-10-12/h1,5-7,9-10,13H,3-4,8,11H2,(H,16,19)/t13-/m0/s1. The van der Waals surface area contributed by atoms with Crippen LogP contribution in [0.4, 0.5) is 4.79 Å². The summed E-state index contributed by atoms with van der Waals surface area (Å²) in [5, 5.41) is 2.71. The molecule has 19 heavy (non-hydrogen) atoms. The summed E-state index contributed by atoms with van der Waals surface area (Å²) >= 11 is 0. The van der Waals surface area contributed by atoms with Crippen molar-refractivity contribution in [2.75, 3.05) is 6.54 Å². The van der Waals surface area contributed by atoms with Crippen molar-refractivity contribution in [2.45, 2.75) is 25.3 Å². The first-order valence-electron chi connectivity index (χ1n) is 6.34. The summed E-state index contributed by atoms with van der Waals surface area (Å²) in [6.07, 6.45) is 7.40. The van der Waals surface area contributed by atoms with Gasteiger partial charge in [0.1, 0.15) is 6.04 Å². The number of imide groups is 1. The van der Waals surface area contributed by atoms with Crippen LogP contribution in [0.1, 0.15) is 30.9 Å². The first kappa shape index (κ1) is 13.2. The number of carbonyl (C=O) groups excluding carboxylic acids is 2. The van der Waals surface area contributed by atoms with E-state index in [1.54, 1.807) is 0 Å². The van der Waals surface area contributed by atoms with Crippen LogP contribution in [0, 0.1) is 12.3 Å². The minimum Gasteiger partial charge on any atom is -0.322 e. The summed E-state index contributed by atoms with van der Waals surface area (Å²) in [4.78, 5) is 25.2. The lowest BCUT2D eigenvalue weighted by Crippen LogP contribution is -2.31. The van der Waals surface area contributed by atoms with E-state index in [-0.39, 0.29) is 11.9 Å². The topological polar surface area (TPSA) is 49.4 Å². The van der Waals surface area contributed by atoms with Crippen molar-refractivity contribution in [3.05, 3.63) is 35.9 Å². The maximum Gasteiger partial charge on any atom is 0.325 e. The van der Waals surface area contributed by atoms with Gasteiger partial charge in [-0.15, -0.1) is 12.3 Å². The molecule has 0 bridgehead atoms. The zero-order chi connectivity index (χ0) is 13.7. The van der Waals surface area contributed by atoms with Crippen LogP contribution in [0.3, 0.4) is 0 Å². The number of urea groups is 1. The van der Waals surface area contributed by atoms with Crippen molar-refractivity contribution < 1.29 is 9.59 Å². The molecule has 1 saturated heterocycles. The predicted molar refractivity (Wildman–Crippen MR) is 72.1 cm³/mol. The Morgan fingerprint density at radius 1 is 1.21 bits per heavy atom. The molecule has 0 saturated carbocycles. The lowest BCUT2D eigenvalue weighted by atomic mass is 10.1. The number of nitrogens with zero attached hydrogens (tertiary/aromatic N) is 1. The summed E-state index contributed by atoms with van der Waals surface area (Å²) in [7, 11) is 0. The molecule has 1 aromatic rings. The summed E-state index contributed by atoms with van der Waals surface area (Å²) < 4.78 is 0. The molecule has 1 N–H and O–H groups in total. The first-order chi connectivity index (χ1) is 9.24. The quantitative estimate of drug-likeness (QED) is 0.498. The lowest BCUT2D eigenvalue weighted by Gasteiger charge is -2.12. The van der Waals surface area contributed by atoms with Gasteiger partial charge in [0, 0.05) is 13.0 Å². The SMILES string of the molecule is C#CCCCCN1C(=O)N[C@@H](c2ccccc2)C1=O. The number of rotatable bonds is 5. The average Bonchev–Trinajstić information content (AvgIpc) is 2.72. The number of carbonyl (C=O) groups is 2. The van der Waals surface area contributed by atoms with E-state index >= 15 is 0 Å². The molecule has 0 spiro atoms. The van der Waals surface area contributed by atoms with Crippen LogP contribution >= 0.6 is 0 Å². The number of hydrogen-bond acceptors (Lipinski definition) is 2. The predicted octanol–water partition coefficient (Wildman–Crippen LogP) is 2.08. The van der Waals surface area contributed by atoms with Crippen LogP contribution in [0.5, 0.6) is 0 Å². The Kier molecular flexibility index (Phi) is 4.19. The fraction of sp³-hybridized carbons (Fsp3) is 0.333. The summed E-state index contributed by atoms with van der Waals surface area (Å²) in [5.41, 5.74) is 0.812. The Bertz CT molecular complexity index is 505. The molecule has 1 aromatic carbocycles. The number of terminal acetylenes is 1. The zero-order valence-electron chi connectivity index (χ0n) is 10.6. The summed E-state index contributed by atoms with van der Waals surface area (Å²) in [5.74, 6) is 2.36. The van der Waals surface area contributed by atoms with Gasteiger partial charge in [0.25, 0.3) is 5.91 Å². The van der Waals surface area contributed by atoms with Gasteiger partial charge < -0.3 is 5.32 Å². The lowest BCUT2D eigenvalue weighted by molar-refractivity contribution is -0.127. The second-order valence-corrected chi connectivity index (χ2v) is 4.44. The molecule has 1 atom stereocenters. The third-order valence-corrected chi connectivity index (χ3v) is 3.11. The smallest absolute Gasteiger partial charge is 0.322 e. The first-order valence-corrected chi connectivity index (χ1v) is 6.34. The zero-order valence-corrected chi connectivity index (χ0v) is 10.6. The van der Waals surface area contributed by atoms with E-state index in [0.717, 1.165) is 18.4 Å². The van der Waals surface area contributed by atoms with E-state index in [2.05, 4.69) is 11.2 Å². The van der Waals surface area contributed by atoms with Crippen molar-refractivity contribution in [1.29, 1.82) is 0 Å². The molecule has 0 aromatic heterocycles. The molecule has 1 aliphatic rings. The van der Waals surface area contributed by atoms with Crippen molar-refractivity contribution in [3.8, 4) is 12.3 Å². The summed E-state index contributed by atoms with van der Waals surface area (Å²) in [6, 6.07) is 8.38. The highest BCUT2D eigenvalue weighted by Gasteiger charge is 2.38. The van der Waals surface area contributed by atoms with Gasteiger partial charge in [-0.3, -0.25) is 9.69 Å². The molecular weight excluding hydrogens is 240 g/mol. The van der Waals surface area contributed by atoms with Crippen molar-refractivity contribution in [1.82, 2.24) is 10.2 Å². The van der Waals surface area contributed by atoms with Gasteiger partial charge in [-0.25, -0.2) is 4.79 Å². The molecule has 0 aliphatic carbocycles. The second-order valence-electron chi connectivity index (χ2n) is 4.44. The normalized spacial score (nSPS) is 18.3. The van der Waals surface area contributed by atoms with Crippen LogP contribution in [0.25, 0.3) is 0 Å². The molecule has 3 amide bonds. The highest BCUT2D eigenvalue weighted by Crippen LogP contribution is 2.21. The second kappa shape index (κ2) is 6.05. The number of nitrogens with one attached hydrogen (secondary N) is 1. The minimum absolute atomic E-state index is 0.183. The molecule has 1 aliphatic heterocycles. The largest absolute Gasteiger partial charge is 0.325 e. The van der Waals surface area contributed by atoms with Crippen LogP contribution in [0.15, 0.2) is 30.3 Å². The fourth-order valence-electron chi connectivity index (χ4n) is 2.10. The third-order valence-electron chi connectivity index (χ3n) is 3.11. The number of unbranched alkanes of at least 4 members (excludes halogenated alkanes) is 2. The fourth-order valence-corrected chi connectivity index (χ4v) is 2.10. The Labute approximate surface area is 112 Å². The van der Waals surface area contributed by atoms with Gasteiger partial charge in [0.15, 0.2) is 0 Å². The van der Waals surface area contributed by atoms with Gasteiger partial charge in [0.2, 0.25) is 0 Å². The maximum absolute atomic E-state index is 12.2. The van der Waals surface area contributed by atoms with Gasteiger partial charge in [-0.1, -0.05) is 30.3 Å².